The molecule has 0 aliphatic rings. The molecule has 0 N–H and O–H groups in total. The van der Waals surface area contributed by atoms with Gasteiger partial charge in [0.25, 0.3) is 0 Å². The molecule has 0 radical (unpaired) electrons. The number of thiophene rings is 2. The van der Waals surface area contributed by atoms with Crippen molar-refractivity contribution in [2.75, 3.05) is 9.80 Å². The van der Waals surface area contributed by atoms with Gasteiger partial charge in [-0.05, 0) is 184 Å². The first-order chi connectivity index (χ1) is 60.0. The van der Waals surface area contributed by atoms with Gasteiger partial charge >= 0.3 is 0 Å². The van der Waals surface area contributed by atoms with Crippen LogP contribution >= 0.6 is 22.7 Å². The second-order valence-corrected chi connectivity index (χ2v) is 33.4. The quantitative estimate of drug-likeness (QED) is 0.0955. The van der Waals surface area contributed by atoms with Crippen molar-refractivity contribution in [3.8, 4) is 106 Å². The zero-order valence-corrected chi connectivity index (χ0v) is 67.6. The van der Waals surface area contributed by atoms with E-state index < -0.39 is 0 Å². The first-order valence-corrected chi connectivity index (χ1v) is 43.1. The summed E-state index contributed by atoms with van der Waals surface area (Å²) in [6, 6.07) is 168. The molecular weight excluding hydrogens is 1500 g/mol. The van der Waals surface area contributed by atoms with E-state index in [4.69, 9.17) is 0 Å². The smallest absolute Gasteiger partial charge is 0.0702 e. The van der Waals surface area contributed by atoms with Crippen LogP contribution in [0.1, 0.15) is 0 Å². The highest BCUT2D eigenvalue weighted by atomic mass is 32.1. The summed E-state index contributed by atoms with van der Waals surface area (Å²) in [5.41, 5.74) is 30.8. The lowest BCUT2D eigenvalue weighted by Gasteiger charge is -2.30. The third kappa shape index (κ3) is 12.6. The van der Waals surface area contributed by atoms with Gasteiger partial charge in [-0.1, -0.05) is 370 Å². The lowest BCUT2D eigenvalue weighted by Crippen LogP contribution is -2.14. The van der Waals surface area contributed by atoms with Crippen LogP contribution in [0.4, 0.5) is 34.1 Å². The molecule has 0 saturated heterocycles. The third-order valence-electron chi connectivity index (χ3n) is 24.5. The Kier molecular flexibility index (Phi) is 17.7. The van der Waals surface area contributed by atoms with Crippen LogP contribution in [0.25, 0.3) is 190 Å². The van der Waals surface area contributed by atoms with Crippen LogP contribution < -0.4 is 9.80 Å². The van der Waals surface area contributed by atoms with Crippen LogP contribution in [0.15, 0.2) is 455 Å². The van der Waals surface area contributed by atoms with Gasteiger partial charge in [-0.3, -0.25) is 0 Å². The Balaban J connectivity index is 0.627. The number of hydrogen-bond acceptors (Lipinski definition) is 4. The molecule has 0 bridgehead atoms. The molecule has 5 heteroatoms. The van der Waals surface area contributed by atoms with E-state index in [2.05, 4.69) is 469 Å². The molecule has 3 nitrogen and oxygen atoms in total. The van der Waals surface area contributed by atoms with Crippen molar-refractivity contribution < 1.29 is 0 Å². The van der Waals surface area contributed by atoms with Crippen molar-refractivity contribution in [1.82, 2.24) is 4.57 Å². The van der Waals surface area contributed by atoms with Crippen LogP contribution in [0.2, 0.25) is 0 Å². The van der Waals surface area contributed by atoms with Crippen LogP contribution in [0.5, 0.6) is 0 Å². The maximum atomic E-state index is 2.52. The maximum Gasteiger partial charge on any atom is 0.0702 e. The molecule has 20 aromatic carbocycles. The number of hydrogen-bond donors (Lipinski definition) is 0. The standard InChI is InChI=1S/C116H75N3S2/c1-2-24-76(25-3-1)77-50-52-78(53-51-77)80-62-68-89(69-63-80)117(106-43-13-9-34-97(106)102-39-22-41-104-100-36-11-18-48-112(100)120-115(102)104)90-70-64-81(65-71-90)79-56-60-86(61-57-79)114-94-32-7-5-27-84(94)66-72-95(114)88-67-73-99-96-33-8-15-45-108(96)119(111(99)75-88)110-47-17-16-46-109(110)118(107-44-14-10-35-98(107)103-40-23-42-105-101-37-12-19-49-113(101)121-116(103)105)91-30-20-29-87(74-91)82-54-58-85(59-55-82)93-38-21-28-83-26-4-6-31-92(83)93/h1-75H. The molecular formula is C116H75N3S2. The Morgan fingerprint density at radius 1 is 0.182 bits per heavy atom. The molecule has 566 valence electrons. The van der Waals surface area contributed by atoms with E-state index in [-0.39, 0.29) is 0 Å². The van der Waals surface area contributed by atoms with Gasteiger partial charge in [0.2, 0.25) is 0 Å². The molecule has 0 fully saturated rings. The number of aromatic nitrogens is 1. The summed E-state index contributed by atoms with van der Waals surface area (Å²) in [5, 5.41) is 12.4. The number of para-hydroxylation sites is 5. The van der Waals surface area contributed by atoms with Crippen molar-refractivity contribution in [3.63, 3.8) is 0 Å². The molecule has 0 unspecified atom stereocenters. The SMILES string of the molecule is c1ccc(-c2ccc(-c3ccc(N(c4ccc(-c5ccc(-c6c(-c7ccc8c9ccccc9n(-c9ccccc9N(c9cccc(-c%10ccc(-c%11cccc%12ccccc%11%12)cc%10)c9)c9ccccc9-c9cccc%10c9sc9ccccc9%10)c8c7)ccc7ccccc67)cc5)cc4)c4ccccc4-c4cccc5c4sc4ccccc45)cc3)cc2)cc1. The van der Waals surface area contributed by atoms with Crippen molar-refractivity contribution in [2.24, 2.45) is 0 Å². The van der Waals surface area contributed by atoms with E-state index in [1.54, 1.807) is 0 Å². The normalized spacial score (nSPS) is 11.6. The van der Waals surface area contributed by atoms with E-state index in [1.165, 1.54) is 123 Å². The molecule has 0 spiro atoms. The van der Waals surface area contributed by atoms with E-state index >= 15 is 0 Å². The fourth-order valence-corrected chi connectivity index (χ4v) is 21.1. The molecule has 0 aliphatic heterocycles. The molecule has 3 heterocycles. The van der Waals surface area contributed by atoms with Gasteiger partial charge in [0.15, 0.2) is 0 Å². The van der Waals surface area contributed by atoms with Gasteiger partial charge in [-0.25, -0.2) is 0 Å². The topological polar surface area (TPSA) is 11.4 Å². The Labute approximate surface area is 710 Å². The lowest BCUT2D eigenvalue weighted by molar-refractivity contribution is 1.15. The molecule has 0 atom stereocenters. The van der Waals surface area contributed by atoms with Crippen LogP contribution in [0, 0.1) is 0 Å². The van der Waals surface area contributed by atoms with E-state index in [0.717, 1.165) is 101 Å². The Morgan fingerprint density at radius 2 is 0.579 bits per heavy atom. The number of anilines is 6. The number of nitrogens with zero attached hydrogens (tertiary/aromatic N) is 3. The van der Waals surface area contributed by atoms with Gasteiger partial charge in [-0.2, -0.15) is 0 Å². The minimum atomic E-state index is 1.04. The largest absolute Gasteiger partial charge is 0.310 e. The predicted molar refractivity (Wildman–Crippen MR) is 520 cm³/mol. The average Bonchev–Trinajstić information content (AvgIpc) is 1.60. The highest BCUT2D eigenvalue weighted by Crippen LogP contribution is 2.52. The zero-order valence-electron chi connectivity index (χ0n) is 66.0. The van der Waals surface area contributed by atoms with Crippen molar-refractivity contribution in [1.29, 1.82) is 0 Å². The van der Waals surface area contributed by atoms with Crippen molar-refractivity contribution >= 4 is 140 Å². The fourth-order valence-electron chi connectivity index (χ4n) is 18.7. The summed E-state index contributed by atoms with van der Waals surface area (Å²) in [5.74, 6) is 0. The van der Waals surface area contributed by atoms with E-state index in [0.29, 0.717) is 0 Å². The van der Waals surface area contributed by atoms with E-state index in [1.807, 2.05) is 22.7 Å². The minimum Gasteiger partial charge on any atom is -0.310 e. The van der Waals surface area contributed by atoms with Gasteiger partial charge in [-0.15, -0.1) is 22.7 Å². The first kappa shape index (κ1) is 71.1. The molecule has 23 rings (SSSR count). The van der Waals surface area contributed by atoms with Crippen molar-refractivity contribution in [2.45, 2.75) is 0 Å². The third-order valence-corrected chi connectivity index (χ3v) is 26.9. The number of rotatable bonds is 16. The van der Waals surface area contributed by atoms with Gasteiger partial charge in [0.1, 0.15) is 0 Å². The lowest BCUT2D eigenvalue weighted by atomic mass is 9.89. The second-order valence-electron chi connectivity index (χ2n) is 31.3. The summed E-state index contributed by atoms with van der Waals surface area (Å²) >= 11 is 3.75. The van der Waals surface area contributed by atoms with Gasteiger partial charge in [0, 0.05) is 90.4 Å². The maximum absolute atomic E-state index is 2.52. The number of fused-ring (bicyclic) bond motifs is 11. The molecule has 0 amide bonds. The summed E-state index contributed by atoms with van der Waals surface area (Å²) in [4.78, 5) is 4.96. The zero-order chi connectivity index (χ0) is 79.9. The summed E-state index contributed by atoms with van der Waals surface area (Å²) in [6.45, 7) is 0. The Morgan fingerprint density at radius 3 is 1.20 bits per heavy atom. The fraction of sp³-hybridized carbons (Fsp3) is 0. The predicted octanol–water partition coefficient (Wildman–Crippen LogP) is 33.8. The Bertz CT molecular complexity index is 7930. The van der Waals surface area contributed by atoms with Crippen molar-refractivity contribution in [3.05, 3.63) is 455 Å². The molecule has 0 aliphatic carbocycles. The highest BCUT2D eigenvalue weighted by molar-refractivity contribution is 7.26. The summed E-state index contributed by atoms with van der Waals surface area (Å²) in [7, 11) is 0. The minimum absolute atomic E-state index is 1.04. The Hall–Kier alpha value is -15.2. The van der Waals surface area contributed by atoms with Crippen LogP contribution in [-0.2, 0) is 0 Å². The molecule has 23 aromatic rings. The van der Waals surface area contributed by atoms with E-state index in [9.17, 15) is 0 Å². The van der Waals surface area contributed by atoms with Gasteiger partial charge in [0.05, 0.1) is 33.8 Å². The second kappa shape index (κ2) is 30.0. The number of benzene rings is 20. The molecule has 0 saturated carbocycles. The van der Waals surface area contributed by atoms with Gasteiger partial charge < -0.3 is 14.4 Å². The van der Waals surface area contributed by atoms with Crippen LogP contribution in [-0.4, -0.2) is 4.57 Å². The van der Waals surface area contributed by atoms with Crippen LogP contribution in [0.3, 0.4) is 0 Å². The summed E-state index contributed by atoms with van der Waals surface area (Å²) < 4.78 is 7.65. The summed E-state index contributed by atoms with van der Waals surface area (Å²) in [6.07, 6.45) is 0. The average molecular weight is 1580 g/mol. The highest BCUT2D eigenvalue weighted by Gasteiger charge is 2.27. The first-order valence-electron chi connectivity index (χ1n) is 41.4. The monoisotopic (exact) mass is 1570 g/mol. The molecule has 3 aromatic heterocycles. The molecule has 121 heavy (non-hydrogen) atoms.